The van der Waals surface area contributed by atoms with E-state index in [1.54, 1.807) is 0 Å². The van der Waals surface area contributed by atoms with E-state index < -0.39 is 18.2 Å². The maximum atomic E-state index is 11.1. The minimum absolute atomic E-state index is 0.349. The molecule has 1 aliphatic carbocycles. The predicted octanol–water partition coefficient (Wildman–Crippen LogP) is 2.22. The predicted molar refractivity (Wildman–Crippen MR) is 60.7 cm³/mol. The van der Waals surface area contributed by atoms with Gasteiger partial charge >= 0.3 is 0 Å². The molecule has 5 heteroatoms. The van der Waals surface area contributed by atoms with E-state index in [4.69, 9.17) is 4.18 Å². The molecule has 14 heavy (non-hydrogen) atoms. The molecule has 0 bridgehead atoms. The molecular formula is C9H20O3SSi. The van der Waals surface area contributed by atoms with E-state index in [9.17, 15) is 8.42 Å². The molecule has 3 nitrogen and oxygen atoms in total. The van der Waals surface area contributed by atoms with Crippen LogP contribution in [0.1, 0.15) is 19.8 Å². The van der Waals surface area contributed by atoms with Crippen molar-refractivity contribution in [3.8, 4) is 0 Å². The van der Waals surface area contributed by atoms with E-state index in [0.717, 1.165) is 19.1 Å². The monoisotopic (exact) mass is 236 g/mol. The second kappa shape index (κ2) is 3.32. The van der Waals surface area contributed by atoms with Gasteiger partial charge in [0.15, 0.2) is 0 Å². The zero-order valence-corrected chi connectivity index (χ0v) is 11.4. The molecule has 1 rings (SSSR count). The van der Waals surface area contributed by atoms with Crippen molar-refractivity contribution in [1.29, 1.82) is 0 Å². The highest BCUT2D eigenvalue weighted by Crippen LogP contribution is 2.60. The summed E-state index contributed by atoms with van der Waals surface area (Å²) in [5.74, 6) is 0. The highest BCUT2D eigenvalue weighted by molar-refractivity contribution is 7.86. The van der Waals surface area contributed by atoms with Crippen LogP contribution in [-0.4, -0.2) is 28.3 Å². The molecule has 1 aliphatic rings. The Bertz CT molecular complexity index is 317. The molecule has 0 heterocycles. The Morgan fingerprint density at radius 3 is 2.14 bits per heavy atom. The van der Waals surface area contributed by atoms with Gasteiger partial charge in [-0.25, -0.2) is 0 Å². The molecule has 0 amide bonds. The smallest absolute Gasteiger partial charge is 0.264 e. The Morgan fingerprint density at radius 2 is 1.93 bits per heavy atom. The van der Waals surface area contributed by atoms with Crippen molar-refractivity contribution in [1.82, 2.24) is 0 Å². The van der Waals surface area contributed by atoms with Crippen molar-refractivity contribution >= 4 is 18.2 Å². The maximum Gasteiger partial charge on any atom is 0.264 e. The molecule has 1 fully saturated rings. The van der Waals surface area contributed by atoms with Gasteiger partial charge in [-0.05, 0) is 18.4 Å². The average molecular weight is 236 g/mol. The van der Waals surface area contributed by atoms with Gasteiger partial charge in [0.2, 0.25) is 0 Å². The Labute approximate surface area is 88.0 Å². The normalized spacial score (nSPS) is 33.1. The van der Waals surface area contributed by atoms with Gasteiger partial charge in [0.05, 0.1) is 19.9 Å². The van der Waals surface area contributed by atoms with E-state index in [2.05, 4.69) is 19.6 Å². The highest BCUT2D eigenvalue weighted by atomic mass is 32.2. The van der Waals surface area contributed by atoms with Gasteiger partial charge in [0, 0.05) is 0 Å². The second-order valence-electron chi connectivity index (χ2n) is 5.33. The lowest BCUT2D eigenvalue weighted by Crippen LogP contribution is -2.29. The van der Waals surface area contributed by atoms with Crippen molar-refractivity contribution in [2.75, 3.05) is 6.26 Å². The summed E-state index contributed by atoms with van der Waals surface area (Å²) in [5, 5.41) is 0. The molecule has 0 aromatic heterocycles. The van der Waals surface area contributed by atoms with Crippen molar-refractivity contribution in [3.63, 3.8) is 0 Å². The molecule has 1 saturated carbocycles. The average Bonchev–Trinajstić information content (AvgIpc) is 2.59. The van der Waals surface area contributed by atoms with E-state index in [0.29, 0.717) is 5.54 Å². The summed E-state index contributed by atoms with van der Waals surface area (Å²) in [4.78, 5) is 0. The molecule has 84 valence electrons. The van der Waals surface area contributed by atoms with Crippen LogP contribution in [0.25, 0.3) is 0 Å². The minimum atomic E-state index is -3.30. The van der Waals surface area contributed by atoms with Crippen LogP contribution in [0, 0.1) is 0 Å². The summed E-state index contributed by atoms with van der Waals surface area (Å²) >= 11 is 0. The lowest BCUT2D eigenvalue weighted by molar-refractivity contribution is 0.184. The Kier molecular flexibility index (Phi) is 2.89. The molecule has 0 aromatic carbocycles. The zero-order chi connectivity index (χ0) is 11.2. The third kappa shape index (κ3) is 2.58. The van der Waals surface area contributed by atoms with Crippen LogP contribution in [0.5, 0.6) is 0 Å². The summed E-state index contributed by atoms with van der Waals surface area (Å²) in [5.41, 5.74) is 0.146. The molecule has 0 saturated heterocycles. The van der Waals surface area contributed by atoms with Crippen molar-refractivity contribution in [3.05, 3.63) is 0 Å². The Balaban J connectivity index is 2.76. The van der Waals surface area contributed by atoms with E-state index in [1.165, 1.54) is 0 Å². The Hall–Kier alpha value is 0.127. The molecule has 0 aromatic rings. The van der Waals surface area contributed by atoms with Crippen LogP contribution >= 0.6 is 0 Å². The third-order valence-corrected chi connectivity index (χ3v) is 6.44. The standard InChI is InChI=1S/C9H20O3SSi/c1-6-9(12-13(2,10)11)7-8(9)14(3,4)5/h8H,6-7H2,1-5H3/t8-,9-/m1/s1. The first-order chi connectivity index (χ1) is 6.11. The summed E-state index contributed by atoms with van der Waals surface area (Å²) in [6, 6.07) is 0. The first-order valence-electron chi connectivity index (χ1n) is 5.01. The van der Waals surface area contributed by atoms with E-state index in [-0.39, 0.29) is 5.60 Å². The van der Waals surface area contributed by atoms with Gasteiger partial charge in [0.25, 0.3) is 10.1 Å². The van der Waals surface area contributed by atoms with Gasteiger partial charge in [-0.2, -0.15) is 8.42 Å². The summed E-state index contributed by atoms with van der Waals surface area (Å²) in [7, 11) is -4.57. The molecule has 0 aliphatic heterocycles. The topological polar surface area (TPSA) is 43.4 Å². The Morgan fingerprint density at radius 1 is 1.43 bits per heavy atom. The quantitative estimate of drug-likeness (QED) is 0.555. The molecule has 0 unspecified atom stereocenters. The van der Waals surface area contributed by atoms with Crippen molar-refractivity contribution in [2.24, 2.45) is 0 Å². The van der Waals surface area contributed by atoms with E-state index in [1.807, 2.05) is 6.92 Å². The van der Waals surface area contributed by atoms with Crippen LogP contribution in [-0.2, 0) is 14.3 Å². The largest absolute Gasteiger partial charge is 0.264 e. The first-order valence-corrected chi connectivity index (χ1v) is 10.4. The molecule has 2 atom stereocenters. The van der Waals surface area contributed by atoms with E-state index >= 15 is 0 Å². The van der Waals surface area contributed by atoms with Gasteiger partial charge in [-0.1, -0.05) is 26.6 Å². The molecule has 0 radical (unpaired) electrons. The number of hydrogen-bond acceptors (Lipinski definition) is 3. The van der Waals surface area contributed by atoms with Gasteiger partial charge in [0.1, 0.15) is 0 Å². The zero-order valence-electron chi connectivity index (χ0n) is 9.62. The number of rotatable bonds is 4. The fourth-order valence-electron chi connectivity index (χ4n) is 2.23. The fourth-order valence-corrected chi connectivity index (χ4v) is 6.01. The van der Waals surface area contributed by atoms with Crippen LogP contribution in [0.15, 0.2) is 0 Å². The van der Waals surface area contributed by atoms with Crippen molar-refractivity contribution < 1.29 is 12.6 Å². The second-order valence-corrected chi connectivity index (χ2v) is 12.3. The number of hydrogen-bond donors (Lipinski definition) is 0. The van der Waals surface area contributed by atoms with Gasteiger partial charge in [-0.3, -0.25) is 4.18 Å². The van der Waals surface area contributed by atoms with Crippen LogP contribution in [0.3, 0.4) is 0 Å². The maximum absolute atomic E-state index is 11.1. The highest BCUT2D eigenvalue weighted by Gasteiger charge is 2.61. The fraction of sp³-hybridized carbons (Fsp3) is 1.00. The van der Waals surface area contributed by atoms with Gasteiger partial charge < -0.3 is 0 Å². The molecular weight excluding hydrogens is 216 g/mol. The molecule has 0 spiro atoms. The lowest BCUT2D eigenvalue weighted by atomic mass is 10.3. The SMILES string of the molecule is CC[C@@]1(OS(C)(=O)=O)C[C@H]1[Si](C)(C)C. The van der Waals surface area contributed by atoms with Crippen LogP contribution in [0.4, 0.5) is 0 Å². The van der Waals surface area contributed by atoms with Crippen LogP contribution < -0.4 is 0 Å². The molecule has 0 N–H and O–H groups in total. The van der Waals surface area contributed by atoms with Gasteiger partial charge in [-0.15, -0.1) is 0 Å². The van der Waals surface area contributed by atoms with Crippen LogP contribution in [0.2, 0.25) is 25.2 Å². The first kappa shape index (κ1) is 12.2. The minimum Gasteiger partial charge on any atom is -0.264 e. The van der Waals surface area contributed by atoms with Crippen molar-refractivity contribution in [2.45, 2.75) is 50.5 Å². The summed E-state index contributed by atoms with van der Waals surface area (Å²) in [6.45, 7) is 8.80. The summed E-state index contributed by atoms with van der Waals surface area (Å²) in [6.07, 6.45) is 2.87. The lowest BCUT2D eigenvalue weighted by Gasteiger charge is -2.21. The summed E-state index contributed by atoms with van der Waals surface area (Å²) < 4.78 is 27.5. The third-order valence-electron chi connectivity index (χ3n) is 2.99.